The van der Waals surface area contributed by atoms with E-state index in [-0.39, 0.29) is 17.8 Å². The number of rotatable bonds is 7. The highest BCUT2D eigenvalue weighted by Crippen LogP contribution is 2.21. The molecule has 0 spiro atoms. The number of oxime groups is 1. The van der Waals surface area contributed by atoms with Crippen LogP contribution in [0.25, 0.3) is 0 Å². The van der Waals surface area contributed by atoms with Gasteiger partial charge >= 0.3 is 0 Å². The highest BCUT2D eigenvalue weighted by atomic mass is 19.1. The van der Waals surface area contributed by atoms with Gasteiger partial charge in [-0.25, -0.2) is 4.39 Å². The van der Waals surface area contributed by atoms with E-state index in [0.717, 1.165) is 0 Å². The number of amides is 1. The van der Waals surface area contributed by atoms with Crippen molar-refractivity contribution in [3.05, 3.63) is 78.1 Å². The summed E-state index contributed by atoms with van der Waals surface area (Å²) in [5.41, 5.74) is 1.52. The Labute approximate surface area is 157 Å². The van der Waals surface area contributed by atoms with Crippen molar-refractivity contribution in [3.8, 4) is 5.75 Å². The smallest absolute Gasteiger partial charge is 0.254 e. The lowest BCUT2D eigenvalue weighted by molar-refractivity contribution is 0.0450. The first-order valence-corrected chi connectivity index (χ1v) is 8.64. The number of carbonyl (C=O) groups excluding carboxylic acids is 1. The van der Waals surface area contributed by atoms with Gasteiger partial charge in [0.15, 0.2) is 6.10 Å². The lowest BCUT2D eigenvalue weighted by Gasteiger charge is -2.23. The van der Waals surface area contributed by atoms with E-state index in [4.69, 9.17) is 9.57 Å². The molecule has 2 aromatic carbocycles. The number of benzene rings is 2. The number of hydrogen-bond donors (Lipinski definition) is 0. The van der Waals surface area contributed by atoms with Crippen molar-refractivity contribution < 1.29 is 18.8 Å². The molecule has 1 atom stereocenters. The molecule has 1 heterocycles. The fourth-order valence-corrected chi connectivity index (χ4v) is 2.94. The zero-order valence-corrected chi connectivity index (χ0v) is 15.1. The first kappa shape index (κ1) is 18.6. The molecular weight excluding hydrogens is 347 g/mol. The summed E-state index contributed by atoms with van der Waals surface area (Å²) >= 11 is 0. The molecule has 6 heteroatoms. The fraction of sp³-hybridized carbons (Fsp3) is 0.238. The maximum Gasteiger partial charge on any atom is 0.254 e. The predicted octanol–water partition coefficient (Wildman–Crippen LogP) is 3.66. The lowest BCUT2D eigenvalue weighted by Crippen LogP contribution is -2.37. The van der Waals surface area contributed by atoms with E-state index in [0.29, 0.717) is 42.1 Å². The van der Waals surface area contributed by atoms with Crippen LogP contribution in [-0.2, 0) is 4.84 Å². The Balaban J connectivity index is 1.67. The second-order valence-corrected chi connectivity index (χ2v) is 6.18. The summed E-state index contributed by atoms with van der Waals surface area (Å²) in [7, 11) is 1.57. The zero-order chi connectivity index (χ0) is 19.2. The monoisotopic (exact) mass is 368 g/mol. The summed E-state index contributed by atoms with van der Waals surface area (Å²) in [6, 6.07) is 13.4. The molecule has 0 aromatic heterocycles. The van der Waals surface area contributed by atoms with Crippen molar-refractivity contribution in [1.82, 2.24) is 4.90 Å². The van der Waals surface area contributed by atoms with E-state index < -0.39 is 0 Å². The molecule has 3 rings (SSSR count). The summed E-state index contributed by atoms with van der Waals surface area (Å²) in [6.07, 6.45) is 1.76. The Bertz CT molecular complexity index is 849. The molecule has 0 aliphatic carbocycles. The van der Waals surface area contributed by atoms with Gasteiger partial charge in [-0.2, -0.15) is 0 Å². The third kappa shape index (κ3) is 4.34. The second-order valence-electron chi connectivity index (χ2n) is 6.18. The normalized spacial score (nSPS) is 15.6. The number of nitrogens with zero attached hydrogens (tertiary/aromatic N) is 2. The molecule has 140 valence electrons. The van der Waals surface area contributed by atoms with Crippen LogP contribution in [0.15, 0.2) is 66.3 Å². The lowest BCUT2D eigenvalue weighted by atomic mass is 10.0. The Morgan fingerprint density at radius 1 is 1.33 bits per heavy atom. The SMILES string of the molecule is C=CCN(CC1CC(c2ccccc2F)=NO1)C(=O)c1ccc(OC)cc1. The van der Waals surface area contributed by atoms with Crippen LogP contribution in [0.2, 0.25) is 0 Å². The maximum absolute atomic E-state index is 13.9. The van der Waals surface area contributed by atoms with Crippen LogP contribution in [0.5, 0.6) is 5.75 Å². The minimum atomic E-state index is -0.335. The quantitative estimate of drug-likeness (QED) is 0.701. The molecule has 2 aromatic rings. The largest absolute Gasteiger partial charge is 0.497 e. The topological polar surface area (TPSA) is 51.1 Å². The van der Waals surface area contributed by atoms with Gasteiger partial charge in [0.1, 0.15) is 11.6 Å². The molecule has 0 bridgehead atoms. The van der Waals surface area contributed by atoms with E-state index in [9.17, 15) is 9.18 Å². The average Bonchev–Trinajstić information content (AvgIpc) is 3.16. The van der Waals surface area contributed by atoms with Gasteiger partial charge < -0.3 is 14.5 Å². The molecule has 0 saturated heterocycles. The van der Waals surface area contributed by atoms with Gasteiger partial charge in [0.2, 0.25) is 0 Å². The van der Waals surface area contributed by atoms with Crippen LogP contribution in [-0.4, -0.2) is 42.8 Å². The summed E-state index contributed by atoms with van der Waals surface area (Å²) < 4.78 is 19.1. The number of carbonyl (C=O) groups is 1. The van der Waals surface area contributed by atoms with Crippen LogP contribution in [0, 0.1) is 5.82 Å². The Hall–Kier alpha value is -3.15. The predicted molar refractivity (Wildman–Crippen MR) is 102 cm³/mol. The van der Waals surface area contributed by atoms with Gasteiger partial charge in [0.05, 0.1) is 19.4 Å². The van der Waals surface area contributed by atoms with Crippen molar-refractivity contribution >= 4 is 11.6 Å². The molecule has 0 radical (unpaired) electrons. The van der Waals surface area contributed by atoms with Crippen molar-refractivity contribution in [2.75, 3.05) is 20.2 Å². The number of methoxy groups -OCH3 is 1. The Morgan fingerprint density at radius 3 is 2.74 bits per heavy atom. The van der Waals surface area contributed by atoms with E-state index in [1.807, 2.05) is 0 Å². The van der Waals surface area contributed by atoms with Crippen LogP contribution in [0.1, 0.15) is 22.3 Å². The highest BCUT2D eigenvalue weighted by Gasteiger charge is 2.27. The first-order valence-electron chi connectivity index (χ1n) is 8.64. The Morgan fingerprint density at radius 2 is 2.07 bits per heavy atom. The van der Waals surface area contributed by atoms with Crippen LogP contribution in [0.3, 0.4) is 0 Å². The van der Waals surface area contributed by atoms with E-state index in [2.05, 4.69) is 11.7 Å². The van der Waals surface area contributed by atoms with E-state index in [1.54, 1.807) is 60.6 Å². The Kier molecular flexibility index (Phi) is 5.86. The molecule has 1 amide bonds. The van der Waals surface area contributed by atoms with Gasteiger partial charge in [-0.3, -0.25) is 4.79 Å². The van der Waals surface area contributed by atoms with Gasteiger partial charge in [-0.15, -0.1) is 6.58 Å². The number of halogens is 1. The molecule has 0 saturated carbocycles. The van der Waals surface area contributed by atoms with Crippen molar-refractivity contribution in [3.63, 3.8) is 0 Å². The van der Waals surface area contributed by atoms with Crippen LogP contribution < -0.4 is 4.74 Å². The fourth-order valence-electron chi connectivity index (χ4n) is 2.94. The average molecular weight is 368 g/mol. The van der Waals surface area contributed by atoms with Crippen LogP contribution >= 0.6 is 0 Å². The maximum atomic E-state index is 13.9. The second kappa shape index (κ2) is 8.49. The zero-order valence-electron chi connectivity index (χ0n) is 15.1. The van der Waals surface area contributed by atoms with E-state index in [1.165, 1.54) is 6.07 Å². The summed E-state index contributed by atoms with van der Waals surface area (Å²) in [5.74, 6) is 0.210. The molecule has 0 N–H and O–H groups in total. The third-order valence-electron chi connectivity index (χ3n) is 4.32. The number of hydrogen-bond acceptors (Lipinski definition) is 4. The third-order valence-corrected chi connectivity index (χ3v) is 4.32. The van der Waals surface area contributed by atoms with Crippen molar-refractivity contribution in [1.29, 1.82) is 0 Å². The first-order chi connectivity index (χ1) is 13.1. The van der Waals surface area contributed by atoms with Crippen LogP contribution in [0.4, 0.5) is 4.39 Å². The molecular formula is C21H21FN2O3. The highest BCUT2D eigenvalue weighted by molar-refractivity contribution is 6.01. The molecule has 1 aliphatic heterocycles. The van der Waals surface area contributed by atoms with Gasteiger partial charge in [-0.1, -0.05) is 29.4 Å². The molecule has 27 heavy (non-hydrogen) atoms. The van der Waals surface area contributed by atoms with Gasteiger partial charge in [-0.05, 0) is 30.3 Å². The molecule has 1 aliphatic rings. The standard InChI is InChI=1S/C21H21FN2O3/c1-3-12-24(21(25)15-8-10-16(26-2)11-9-15)14-17-13-20(23-27-17)18-6-4-5-7-19(18)22/h3-11,17H,1,12-14H2,2H3. The summed E-state index contributed by atoms with van der Waals surface area (Å²) in [4.78, 5) is 19.9. The summed E-state index contributed by atoms with van der Waals surface area (Å²) in [6.45, 7) is 4.43. The summed E-state index contributed by atoms with van der Waals surface area (Å²) in [5, 5.41) is 4.01. The minimum Gasteiger partial charge on any atom is -0.497 e. The van der Waals surface area contributed by atoms with Crippen molar-refractivity contribution in [2.24, 2.45) is 5.16 Å². The van der Waals surface area contributed by atoms with E-state index >= 15 is 0 Å². The van der Waals surface area contributed by atoms with Crippen molar-refractivity contribution in [2.45, 2.75) is 12.5 Å². The molecule has 1 unspecified atom stereocenters. The molecule has 5 nitrogen and oxygen atoms in total. The van der Waals surface area contributed by atoms with Gasteiger partial charge in [0.25, 0.3) is 5.91 Å². The molecule has 0 fully saturated rings. The van der Waals surface area contributed by atoms with Gasteiger partial charge in [0, 0.05) is 24.1 Å². The minimum absolute atomic E-state index is 0.138. The number of ether oxygens (including phenoxy) is 1.